The standard InChI is InChI=1S/C13H22N2O3/c16-10-11-3-1-2-6-15(11)9-13(18)14-7-4-12(17)5-8-14/h11,16H,1-10H2. The molecule has 2 aliphatic rings. The van der Waals surface area contributed by atoms with Crippen molar-refractivity contribution in [2.24, 2.45) is 0 Å². The summed E-state index contributed by atoms with van der Waals surface area (Å²) in [6.45, 7) is 2.54. The van der Waals surface area contributed by atoms with Crippen LogP contribution in [0.15, 0.2) is 0 Å². The van der Waals surface area contributed by atoms with Crippen molar-refractivity contribution >= 4 is 11.7 Å². The lowest BCUT2D eigenvalue weighted by Crippen LogP contribution is -2.49. The van der Waals surface area contributed by atoms with Gasteiger partial charge in [0.1, 0.15) is 5.78 Å². The Morgan fingerprint density at radius 3 is 2.61 bits per heavy atom. The number of carbonyl (C=O) groups is 2. The number of nitrogens with zero attached hydrogens (tertiary/aromatic N) is 2. The average Bonchev–Trinajstić information content (AvgIpc) is 2.40. The molecule has 102 valence electrons. The first kappa shape index (κ1) is 13.5. The first-order valence-electron chi connectivity index (χ1n) is 6.85. The minimum Gasteiger partial charge on any atom is -0.395 e. The molecule has 5 nitrogen and oxygen atoms in total. The predicted molar refractivity (Wildman–Crippen MR) is 67.1 cm³/mol. The summed E-state index contributed by atoms with van der Waals surface area (Å²) in [7, 11) is 0. The van der Waals surface area contributed by atoms with Gasteiger partial charge in [-0.25, -0.2) is 0 Å². The SMILES string of the molecule is O=C1CCN(C(=O)CN2CCCCC2CO)CC1. The zero-order chi connectivity index (χ0) is 13.0. The summed E-state index contributed by atoms with van der Waals surface area (Å²) in [5.41, 5.74) is 0. The van der Waals surface area contributed by atoms with Crippen molar-refractivity contribution in [3.63, 3.8) is 0 Å². The third-order valence-electron chi connectivity index (χ3n) is 3.97. The molecule has 2 heterocycles. The number of hydrogen-bond donors (Lipinski definition) is 1. The fraction of sp³-hybridized carbons (Fsp3) is 0.846. The number of Topliss-reactive ketones (excluding diaryl/α,β-unsaturated/α-hetero) is 1. The van der Waals surface area contributed by atoms with Gasteiger partial charge < -0.3 is 10.0 Å². The lowest BCUT2D eigenvalue weighted by Gasteiger charge is -2.36. The lowest BCUT2D eigenvalue weighted by molar-refractivity contribution is -0.136. The first-order valence-corrected chi connectivity index (χ1v) is 6.85. The van der Waals surface area contributed by atoms with Crippen LogP contribution in [0.3, 0.4) is 0 Å². The summed E-state index contributed by atoms with van der Waals surface area (Å²) in [6, 6.07) is 0.133. The molecule has 0 radical (unpaired) electrons. The van der Waals surface area contributed by atoms with Gasteiger partial charge in [0, 0.05) is 32.0 Å². The smallest absolute Gasteiger partial charge is 0.236 e. The molecule has 0 aromatic heterocycles. The fourth-order valence-electron chi connectivity index (χ4n) is 2.75. The van der Waals surface area contributed by atoms with E-state index in [4.69, 9.17) is 0 Å². The van der Waals surface area contributed by atoms with Crippen molar-refractivity contribution in [3.05, 3.63) is 0 Å². The summed E-state index contributed by atoms with van der Waals surface area (Å²) in [5.74, 6) is 0.355. The van der Waals surface area contributed by atoms with Crippen LogP contribution in [0.2, 0.25) is 0 Å². The molecule has 18 heavy (non-hydrogen) atoms. The number of ketones is 1. The lowest BCUT2D eigenvalue weighted by atomic mass is 10.0. The van der Waals surface area contributed by atoms with Gasteiger partial charge in [0.05, 0.1) is 13.2 Å². The van der Waals surface area contributed by atoms with Crippen molar-refractivity contribution in [1.29, 1.82) is 0 Å². The highest BCUT2D eigenvalue weighted by Gasteiger charge is 2.27. The Labute approximate surface area is 108 Å². The highest BCUT2D eigenvalue weighted by Crippen LogP contribution is 2.17. The molecule has 1 unspecified atom stereocenters. The second-order valence-corrected chi connectivity index (χ2v) is 5.22. The first-order chi connectivity index (χ1) is 8.70. The number of likely N-dealkylation sites (tertiary alicyclic amines) is 2. The molecule has 2 rings (SSSR count). The summed E-state index contributed by atoms with van der Waals surface area (Å²) in [5, 5.41) is 9.31. The topological polar surface area (TPSA) is 60.9 Å². The van der Waals surface area contributed by atoms with Gasteiger partial charge in [0.2, 0.25) is 5.91 Å². The zero-order valence-corrected chi connectivity index (χ0v) is 10.8. The molecule has 0 bridgehead atoms. The summed E-state index contributed by atoms with van der Waals surface area (Å²) < 4.78 is 0. The highest BCUT2D eigenvalue weighted by atomic mass is 16.3. The van der Waals surface area contributed by atoms with Crippen molar-refractivity contribution in [1.82, 2.24) is 9.80 Å². The molecule has 0 aliphatic carbocycles. The Morgan fingerprint density at radius 2 is 1.94 bits per heavy atom. The highest BCUT2D eigenvalue weighted by molar-refractivity contribution is 5.84. The molecule has 1 atom stereocenters. The third kappa shape index (κ3) is 3.29. The summed E-state index contributed by atoms with van der Waals surface area (Å²) in [6.07, 6.45) is 4.20. The van der Waals surface area contributed by atoms with Gasteiger partial charge in [0.15, 0.2) is 0 Å². The number of piperidine rings is 2. The molecule has 2 saturated heterocycles. The molecule has 1 N–H and O–H groups in total. The minimum absolute atomic E-state index is 0.0999. The van der Waals surface area contributed by atoms with Gasteiger partial charge in [-0.05, 0) is 19.4 Å². The molecule has 5 heteroatoms. The predicted octanol–water partition coefficient (Wildman–Crippen LogP) is 0.0247. The maximum Gasteiger partial charge on any atom is 0.236 e. The van der Waals surface area contributed by atoms with Gasteiger partial charge >= 0.3 is 0 Å². The fourth-order valence-corrected chi connectivity index (χ4v) is 2.75. The van der Waals surface area contributed by atoms with Crippen LogP contribution < -0.4 is 0 Å². The normalized spacial score (nSPS) is 26.4. The molecule has 0 aromatic carbocycles. The zero-order valence-electron chi connectivity index (χ0n) is 10.8. The van der Waals surface area contributed by atoms with Crippen molar-refractivity contribution in [2.75, 3.05) is 32.8 Å². The largest absolute Gasteiger partial charge is 0.395 e. The second kappa shape index (κ2) is 6.29. The van der Waals surface area contributed by atoms with E-state index in [9.17, 15) is 14.7 Å². The van der Waals surface area contributed by atoms with Crippen LogP contribution >= 0.6 is 0 Å². The molecule has 0 spiro atoms. The van der Waals surface area contributed by atoms with E-state index in [0.717, 1.165) is 25.8 Å². The van der Waals surface area contributed by atoms with Gasteiger partial charge in [-0.1, -0.05) is 6.42 Å². The van der Waals surface area contributed by atoms with E-state index < -0.39 is 0 Å². The maximum absolute atomic E-state index is 12.1. The molecular weight excluding hydrogens is 232 g/mol. The van der Waals surface area contributed by atoms with E-state index in [2.05, 4.69) is 4.90 Å². The van der Waals surface area contributed by atoms with Crippen LogP contribution in [0.1, 0.15) is 32.1 Å². The van der Waals surface area contributed by atoms with Crippen LogP contribution in [0, 0.1) is 0 Å². The van der Waals surface area contributed by atoms with Crippen LogP contribution in [0.5, 0.6) is 0 Å². The second-order valence-electron chi connectivity index (χ2n) is 5.22. The number of rotatable bonds is 3. The quantitative estimate of drug-likeness (QED) is 0.771. The summed E-state index contributed by atoms with van der Waals surface area (Å²) >= 11 is 0. The average molecular weight is 254 g/mol. The number of hydrogen-bond acceptors (Lipinski definition) is 4. The van der Waals surface area contributed by atoms with Gasteiger partial charge in [-0.15, -0.1) is 0 Å². The van der Waals surface area contributed by atoms with Gasteiger partial charge in [-0.2, -0.15) is 0 Å². The molecule has 2 aliphatic heterocycles. The van der Waals surface area contributed by atoms with Crippen LogP contribution in [-0.4, -0.2) is 65.4 Å². The Morgan fingerprint density at radius 1 is 1.22 bits per heavy atom. The molecule has 2 fully saturated rings. The van der Waals surface area contributed by atoms with Crippen LogP contribution in [0.4, 0.5) is 0 Å². The van der Waals surface area contributed by atoms with E-state index in [1.807, 2.05) is 0 Å². The van der Waals surface area contributed by atoms with E-state index in [1.54, 1.807) is 4.90 Å². The number of carbonyl (C=O) groups excluding carboxylic acids is 2. The van der Waals surface area contributed by atoms with Crippen molar-refractivity contribution in [2.45, 2.75) is 38.1 Å². The molecule has 0 saturated carbocycles. The van der Waals surface area contributed by atoms with E-state index in [1.165, 1.54) is 0 Å². The summed E-state index contributed by atoms with van der Waals surface area (Å²) in [4.78, 5) is 27.1. The van der Waals surface area contributed by atoms with Crippen molar-refractivity contribution in [3.8, 4) is 0 Å². The van der Waals surface area contributed by atoms with E-state index in [0.29, 0.717) is 32.5 Å². The van der Waals surface area contributed by atoms with E-state index >= 15 is 0 Å². The maximum atomic E-state index is 12.1. The third-order valence-corrected chi connectivity index (χ3v) is 3.97. The van der Waals surface area contributed by atoms with Crippen LogP contribution in [-0.2, 0) is 9.59 Å². The van der Waals surface area contributed by atoms with Crippen molar-refractivity contribution < 1.29 is 14.7 Å². The Kier molecular flexibility index (Phi) is 4.72. The Balaban J connectivity index is 1.84. The number of aliphatic hydroxyl groups is 1. The minimum atomic E-state index is 0.0999. The Bertz CT molecular complexity index is 309. The van der Waals surface area contributed by atoms with E-state index in [-0.39, 0.29) is 24.3 Å². The molecule has 1 amide bonds. The molecule has 0 aromatic rings. The van der Waals surface area contributed by atoms with Crippen LogP contribution in [0.25, 0.3) is 0 Å². The Hall–Kier alpha value is -0.940. The van der Waals surface area contributed by atoms with Gasteiger partial charge in [0.25, 0.3) is 0 Å². The monoisotopic (exact) mass is 254 g/mol. The number of aliphatic hydroxyl groups excluding tert-OH is 1. The van der Waals surface area contributed by atoms with Gasteiger partial charge in [-0.3, -0.25) is 14.5 Å². The molecular formula is C13H22N2O3. The number of amides is 1.